The number of hydrogen-bond donors (Lipinski definition) is 3. The molecule has 0 aliphatic heterocycles. The van der Waals surface area contributed by atoms with Crippen LogP contribution in [0.15, 0.2) is 48.7 Å². The minimum absolute atomic E-state index is 0.155. The molecular weight excluding hydrogens is 259 g/mol. The predicted molar refractivity (Wildman–Crippen MR) is 76.1 cm³/mol. The fourth-order valence-electron chi connectivity index (χ4n) is 1.56. The number of rotatable bonds is 5. The number of amides is 2. The van der Waals surface area contributed by atoms with Crippen LogP contribution in [0.25, 0.3) is 0 Å². The Morgan fingerprint density at radius 2 is 1.90 bits per heavy atom. The number of anilines is 2. The van der Waals surface area contributed by atoms with Gasteiger partial charge in [-0.1, -0.05) is 18.2 Å². The van der Waals surface area contributed by atoms with Crippen LogP contribution in [0.2, 0.25) is 0 Å². The van der Waals surface area contributed by atoms with Crippen molar-refractivity contribution in [2.75, 3.05) is 23.7 Å². The van der Waals surface area contributed by atoms with Crippen molar-refractivity contribution in [1.82, 2.24) is 10.3 Å². The molecule has 3 N–H and O–H groups in total. The summed E-state index contributed by atoms with van der Waals surface area (Å²) in [4.78, 5) is 15.6. The second-order valence-corrected chi connectivity index (χ2v) is 4.00. The number of urea groups is 1. The average molecular weight is 274 g/mol. The first kappa shape index (κ1) is 13.8. The van der Waals surface area contributed by atoms with E-state index < -0.39 is 11.8 Å². The molecule has 0 aliphatic rings. The van der Waals surface area contributed by atoms with Crippen LogP contribution in [-0.2, 0) is 0 Å². The summed E-state index contributed by atoms with van der Waals surface area (Å²) < 4.78 is 13.3. The molecule has 0 saturated carbocycles. The molecule has 2 amide bonds. The second kappa shape index (κ2) is 7.08. The smallest absolute Gasteiger partial charge is 0.319 e. The Kier molecular flexibility index (Phi) is 4.88. The molecule has 104 valence electrons. The number of nitrogens with zero attached hydrogens (tertiary/aromatic N) is 1. The lowest BCUT2D eigenvalue weighted by Gasteiger charge is -2.09. The van der Waals surface area contributed by atoms with E-state index in [1.807, 2.05) is 18.2 Å². The van der Waals surface area contributed by atoms with Gasteiger partial charge in [-0.2, -0.15) is 0 Å². The first-order valence-corrected chi connectivity index (χ1v) is 6.20. The zero-order valence-electron chi connectivity index (χ0n) is 10.8. The molecule has 2 rings (SSSR count). The van der Waals surface area contributed by atoms with Crippen molar-refractivity contribution in [3.63, 3.8) is 0 Å². The van der Waals surface area contributed by atoms with E-state index in [0.29, 0.717) is 13.1 Å². The highest BCUT2D eigenvalue weighted by Gasteiger charge is 2.04. The molecule has 0 saturated heterocycles. The largest absolute Gasteiger partial charge is 0.368 e. The molecule has 0 aliphatic carbocycles. The molecule has 5 nitrogen and oxygen atoms in total. The van der Waals surface area contributed by atoms with Crippen molar-refractivity contribution in [1.29, 1.82) is 0 Å². The molecule has 0 unspecified atom stereocenters. The number of nitrogens with one attached hydrogen (secondary N) is 3. The summed E-state index contributed by atoms with van der Waals surface area (Å²) in [6.07, 6.45) is 1.68. The van der Waals surface area contributed by atoms with Gasteiger partial charge in [-0.3, -0.25) is 0 Å². The number of hydrogen-bond acceptors (Lipinski definition) is 3. The maximum atomic E-state index is 13.3. The summed E-state index contributed by atoms with van der Waals surface area (Å²) in [6.45, 7) is 0.929. The minimum atomic E-state index is -0.464. The van der Waals surface area contributed by atoms with Gasteiger partial charge in [0.05, 0.1) is 5.69 Å². The van der Waals surface area contributed by atoms with E-state index in [-0.39, 0.29) is 5.69 Å². The van der Waals surface area contributed by atoms with Crippen LogP contribution in [0.5, 0.6) is 0 Å². The topological polar surface area (TPSA) is 66.0 Å². The number of para-hydroxylation sites is 1. The molecular formula is C14H15FN4O. The highest BCUT2D eigenvalue weighted by Crippen LogP contribution is 2.11. The van der Waals surface area contributed by atoms with Crippen LogP contribution in [0.3, 0.4) is 0 Å². The van der Waals surface area contributed by atoms with E-state index in [4.69, 9.17) is 0 Å². The Morgan fingerprint density at radius 1 is 1.10 bits per heavy atom. The number of carbonyl (C=O) groups excluding carboxylic acids is 1. The van der Waals surface area contributed by atoms with Gasteiger partial charge in [-0.15, -0.1) is 0 Å². The number of carbonyl (C=O) groups is 1. The van der Waals surface area contributed by atoms with Crippen LogP contribution < -0.4 is 16.0 Å². The zero-order valence-corrected chi connectivity index (χ0v) is 10.8. The van der Waals surface area contributed by atoms with Gasteiger partial charge in [0.15, 0.2) is 0 Å². The van der Waals surface area contributed by atoms with E-state index in [0.717, 1.165) is 5.82 Å². The Morgan fingerprint density at radius 3 is 2.65 bits per heavy atom. The minimum Gasteiger partial charge on any atom is -0.368 e. The first-order chi connectivity index (χ1) is 9.75. The molecule has 1 aromatic heterocycles. The molecule has 0 atom stereocenters. The summed E-state index contributed by atoms with van der Waals surface area (Å²) in [5.41, 5.74) is 0.155. The average Bonchev–Trinajstić information content (AvgIpc) is 2.47. The zero-order chi connectivity index (χ0) is 14.2. The Balaban J connectivity index is 1.69. The standard InChI is InChI=1S/C14H15FN4O/c15-11-5-1-2-6-12(11)19-14(20)18-10-9-17-13-7-3-4-8-16-13/h1-8H,9-10H2,(H,16,17)(H2,18,19,20). The van der Waals surface area contributed by atoms with E-state index in [1.54, 1.807) is 18.3 Å². The third-order valence-corrected chi connectivity index (χ3v) is 2.50. The van der Waals surface area contributed by atoms with E-state index >= 15 is 0 Å². The summed E-state index contributed by atoms with van der Waals surface area (Å²) in [6, 6.07) is 11.1. The molecule has 0 fully saturated rings. The van der Waals surface area contributed by atoms with Crippen LogP contribution in [-0.4, -0.2) is 24.1 Å². The third kappa shape index (κ3) is 4.24. The van der Waals surface area contributed by atoms with Crippen LogP contribution in [0, 0.1) is 5.82 Å². The first-order valence-electron chi connectivity index (χ1n) is 6.20. The van der Waals surface area contributed by atoms with Gasteiger partial charge in [0.25, 0.3) is 0 Å². The van der Waals surface area contributed by atoms with Crippen LogP contribution in [0.1, 0.15) is 0 Å². The van der Waals surface area contributed by atoms with E-state index in [9.17, 15) is 9.18 Å². The predicted octanol–water partition coefficient (Wildman–Crippen LogP) is 2.45. The van der Waals surface area contributed by atoms with Crippen molar-refractivity contribution in [3.8, 4) is 0 Å². The fourth-order valence-corrected chi connectivity index (χ4v) is 1.56. The second-order valence-electron chi connectivity index (χ2n) is 4.00. The SMILES string of the molecule is O=C(NCCNc1ccccn1)Nc1ccccc1F. The van der Waals surface area contributed by atoms with Gasteiger partial charge in [0.2, 0.25) is 0 Å². The van der Waals surface area contributed by atoms with Gasteiger partial charge >= 0.3 is 6.03 Å². The summed E-state index contributed by atoms with van der Waals surface area (Å²) >= 11 is 0. The summed E-state index contributed by atoms with van der Waals surface area (Å²) in [7, 11) is 0. The highest BCUT2D eigenvalue weighted by atomic mass is 19.1. The van der Waals surface area contributed by atoms with E-state index in [2.05, 4.69) is 20.9 Å². The molecule has 0 bridgehead atoms. The van der Waals surface area contributed by atoms with Gasteiger partial charge in [-0.25, -0.2) is 14.2 Å². The van der Waals surface area contributed by atoms with Crippen molar-refractivity contribution in [2.45, 2.75) is 0 Å². The monoisotopic (exact) mass is 274 g/mol. The van der Waals surface area contributed by atoms with Crippen LogP contribution in [0.4, 0.5) is 20.7 Å². The molecule has 2 aromatic rings. The van der Waals surface area contributed by atoms with Crippen molar-refractivity contribution in [3.05, 3.63) is 54.5 Å². The number of benzene rings is 1. The normalized spacial score (nSPS) is 9.85. The Hall–Kier alpha value is -2.63. The lowest BCUT2D eigenvalue weighted by Crippen LogP contribution is -2.32. The van der Waals surface area contributed by atoms with Gasteiger partial charge < -0.3 is 16.0 Å². The summed E-state index contributed by atoms with van der Waals surface area (Å²) in [5.74, 6) is 0.276. The van der Waals surface area contributed by atoms with Gasteiger partial charge in [0.1, 0.15) is 11.6 Å². The Bertz CT molecular complexity index is 562. The molecule has 1 heterocycles. The van der Waals surface area contributed by atoms with Crippen molar-refractivity contribution in [2.24, 2.45) is 0 Å². The summed E-state index contributed by atoms with van der Waals surface area (Å²) in [5, 5.41) is 8.11. The van der Waals surface area contributed by atoms with Gasteiger partial charge in [0, 0.05) is 19.3 Å². The number of halogens is 1. The quantitative estimate of drug-likeness (QED) is 0.734. The van der Waals surface area contributed by atoms with Gasteiger partial charge in [-0.05, 0) is 24.3 Å². The fraction of sp³-hybridized carbons (Fsp3) is 0.143. The molecule has 0 radical (unpaired) electrons. The molecule has 20 heavy (non-hydrogen) atoms. The molecule has 1 aromatic carbocycles. The lowest BCUT2D eigenvalue weighted by molar-refractivity contribution is 0.252. The highest BCUT2D eigenvalue weighted by molar-refractivity contribution is 5.89. The maximum absolute atomic E-state index is 13.3. The molecule has 0 spiro atoms. The Labute approximate surface area is 116 Å². The van der Waals surface area contributed by atoms with E-state index in [1.165, 1.54) is 12.1 Å². The maximum Gasteiger partial charge on any atom is 0.319 e. The lowest BCUT2D eigenvalue weighted by atomic mass is 10.3. The van der Waals surface area contributed by atoms with Crippen molar-refractivity contribution >= 4 is 17.5 Å². The number of aromatic nitrogens is 1. The number of pyridine rings is 1. The van der Waals surface area contributed by atoms with Crippen LogP contribution >= 0.6 is 0 Å². The van der Waals surface area contributed by atoms with Crippen molar-refractivity contribution < 1.29 is 9.18 Å². The third-order valence-electron chi connectivity index (χ3n) is 2.50. The molecule has 6 heteroatoms.